The molecule has 0 radical (unpaired) electrons. The largest absolute Gasteiger partial charge is 0.313 e. The molecule has 1 aliphatic heterocycles. The molecule has 1 aliphatic rings. The summed E-state index contributed by atoms with van der Waals surface area (Å²) in [5.74, 6) is 0. The Morgan fingerprint density at radius 1 is 1.41 bits per heavy atom. The van der Waals surface area contributed by atoms with Crippen molar-refractivity contribution in [1.82, 2.24) is 10.2 Å². The van der Waals surface area contributed by atoms with Gasteiger partial charge in [-0.1, -0.05) is 29.3 Å². The van der Waals surface area contributed by atoms with Gasteiger partial charge in [-0.15, -0.1) is 0 Å². The summed E-state index contributed by atoms with van der Waals surface area (Å²) in [6.07, 6.45) is 1.19. The van der Waals surface area contributed by atoms with Crippen molar-refractivity contribution in [2.45, 2.75) is 25.9 Å². The predicted molar refractivity (Wildman–Crippen MR) is 73.8 cm³/mol. The minimum atomic E-state index is 0.545. The third kappa shape index (κ3) is 3.85. The third-order valence-electron chi connectivity index (χ3n) is 3.09. The van der Waals surface area contributed by atoms with Crippen LogP contribution in [0.2, 0.25) is 10.0 Å². The van der Waals surface area contributed by atoms with Gasteiger partial charge in [0, 0.05) is 29.2 Å². The van der Waals surface area contributed by atoms with E-state index in [9.17, 15) is 0 Å². The molecule has 0 aliphatic carbocycles. The van der Waals surface area contributed by atoms with Crippen LogP contribution in [0.1, 0.15) is 18.9 Å². The number of nitrogens with zero attached hydrogens (tertiary/aromatic N) is 1. The number of rotatable bonds is 2. The topological polar surface area (TPSA) is 15.3 Å². The number of nitrogens with one attached hydrogen (secondary N) is 1. The van der Waals surface area contributed by atoms with Crippen LogP contribution in [0.3, 0.4) is 0 Å². The van der Waals surface area contributed by atoms with Crippen molar-refractivity contribution in [3.05, 3.63) is 33.8 Å². The van der Waals surface area contributed by atoms with Gasteiger partial charge in [0.05, 0.1) is 0 Å². The zero-order valence-electron chi connectivity index (χ0n) is 10.0. The van der Waals surface area contributed by atoms with Gasteiger partial charge in [0.1, 0.15) is 0 Å². The van der Waals surface area contributed by atoms with Gasteiger partial charge in [-0.25, -0.2) is 0 Å². The van der Waals surface area contributed by atoms with E-state index < -0.39 is 0 Å². The van der Waals surface area contributed by atoms with Crippen LogP contribution in [0.25, 0.3) is 0 Å². The lowest BCUT2D eigenvalue weighted by Crippen LogP contribution is -2.35. The van der Waals surface area contributed by atoms with E-state index in [1.807, 2.05) is 18.2 Å². The number of hydrogen-bond donors (Lipinski definition) is 1. The molecule has 0 amide bonds. The molecule has 1 aromatic carbocycles. The normalized spacial score (nSPS) is 22.4. The average Bonchev–Trinajstić information content (AvgIpc) is 2.47. The van der Waals surface area contributed by atoms with Crippen LogP contribution in [0.15, 0.2) is 18.2 Å². The Labute approximate surface area is 113 Å². The van der Waals surface area contributed by atoms with E-state index in [-0.39, 0.29) is 0 Å². The second kappa shape index (κ2) is 6.05. The first kappa shape index (κ1) is 13.2. The Morgan fingerprint density at radius 2 is 2.24 bits per heavy atom. The molecule has 2 nitrogen and oxygen atoms in total. The highest BCUT2D eigenvalue weighted by Crippen LogP contribution is 2.22. The van der Waals surface area contributed by atoms with Crippen molar-refractivity contribution in [3.63, 3.8) is 0 Å². The molecule has 1 heterocycles. The van der Waals surface area contributed by atoms with Crippen molar-refractivity contribution in [3.8, 4) is 0 Å². The molecule has 0 aromatic heterocycles. The van der Waals surface area contributed by atoms with Crippen molar-refractivity contribution in [2.75, 3.05) is 19.6 Å². The molecule has 1 N–H and O–H groups in total. The fourth-order valence-electron chi connectivity index (χ4n) is 2.23. The molecular formula is C13H18Cl2N2. The lowest BCUT2D eigenvalue weighted by atomic mass is 10.2. The highest BCUT2D eigenvalue weighted by atomic mass is 35.5. The third-order valence-corrected chi connectivity index (χ3v) is 3.67. The van der Waals surface area contributed by atoms with E-state index in [4.69, 9.17) is 23.2 Å². The number of halogens is 2. The Kier molecular flexibility index (Phi) is 4.69. The fourth-order valence-corrected chi connectivity index (χ4v) is 2.70. The van der Waals surface area contributed by atoms with E-state index in [2.05, 4.69) is 17.1 Å². The van der Waals surface area contributed by atoms with Crippen LogP contribution >= 0.6 is 23.2 Å². The van der Waals surface area contributed by atoms with Gasteiger partial charge in [0.2, 0.25) is 0 Å². The summed E-state index contributed by atoms with van der Waals surface area (Å²) < 4.78 is 0. The van der Waals surface area contributed by atoms with Gasteiger partial charge in [-0.2, -0.15) is 0 Å². The maximum absolute atomic E-state index is 6.20. The quantitative estimate of drug-likeness (QED) is 0.890. The van der Waals surface area contributed by atoms with E-state index in [0.717, 1.165) is 36.8 Å². The van der Waals surface area contributed by atoms with Crippen LogP contribution in [0, 0.1) is 0 Å². The Bertz CT molecular complexity index is 382. The van der Waals surface area contributed by atoms with E-state index >= 15 is 0 Å². The molecule has 1 saturated heterocycles. The minimum absolute atomic E-state index is 0.545. The Morgan fingerprint density at radius 3 is 3.00 bits per heavy atom. The first-order valence-corrected chi connectivity index (χ1v) is 6.80. The zero-order valence-corrected chi connectivity index (χ0v) is 11.6. The van der Waals surface area contributed by atoms with Crippen LogP contribution in [0.5, 0.6) is 0 Å². The Balaban J connectivity index is 2.03. The summed E-state index contributed by atoms with van der Waals surface area (Å²) >= 11 is 12.1. The summed E-state index contributed by atoms with van der Waals surface area (Å²) in [5, 5.41) is 4.95. The van der Waals surface area contributed by atoms with Gasteiger partial charge in [-0.3, -0.25) is 4.90 Å². The van der Waals surface area contributed by atoms with Crippen molar-refractivity contribution >= 4 is 23.2 Å². The summed E-state index contributed by atoms with van der Waals surface area (Å²) in [5.41, 5.74) is 1.16. The zero-order chi connectivity index (χ0) is 12.3. The second-order valence-corrected chi connectivity index (χ2v) is 5.52. The van der Waals surface area contributed by atoms with Gasteiger partial charge in [0.25, 0.3) is 0 Å². The average molecular weight is 273 g/mol. The first-order valence-electron chi connectivity index (χ1n) is 6.05. The van der Waals surface area contributed by atoms with E-state index in [1.54, 1.807) is 0 Å². The van der Waals surface area contributed by atoms with Crippen molar-refractivity contribution < 1.29 is 0 Å². The molecule has 0 saturated carbocycles. The maximum atomic E-state index is 6.20. The fraction of sp³-hybridized carbons (Fsp3) is 0.538. The highest BCUT2D eigenvalue weighted by molar-refractivity contribution is 6.35. The molecule has 0 spiro atoms. The molecule has 1 fully saturated rings. The van der Waals surface area contributed by atoms with Crippen molar-refractivity contribution in [2.24, 2.45) is 0 Å². The lowest BCUT2D eigenvalue weighted by molar-refractivity contribution is 0.265. The second-order valence-electron chi connectivity index (χ2n) is 4.68. The standard InChI is InChI=1S/C13H18Cl2N2/c1-10-8-17(6-2-5-16-10)9-11-3-4-12(14)7-13(11)15/h3-4,7,10,16H,2,5-6,8-9H2,1H3. The van der Waals surface area contributed by atoms with Gasteiger partial charge >= 0.3 is 0 Å². The number of benzene rings is 1. The summed E-state index contributed by atoms with van der Waals surface area (Å²) in [4.78, 5) is 2.44. The smallest absolute Gasteiger partial charge is 0.0465 e. The molecule has 1 unspecified atom stereocenters. The molecule has 4 heteroatoms. The van der Waals surface area contributed by atoms with Crippen LogP contribution in [-0.4, -0.2) is 30.6 Å². The van der Waals surface area contributed by atoms with Gasteiger partial charge < -0.3 is 5.32 Å². The molecule has 1 aromatic rings. The molecule has 0 bridgehead atoms. The first-order chi connectivity index (χ1) is 8.15. The summed E-state index contributed by atoms with van der Waals surface area (Å²) in [6, 6.07) is 6.29. The van der Waals surface area contributed by atoms with Crippen molar-refractivity contribution in [1.29, 1.82) is 0 Å². The van der Waals surface area contributed by atoms with Gasteiger partial charge in [-0.05, 0) is 44.1 Å². The summed E-state index contributed by atoms with van der Waals surface area (Å²) in [7, 11) is 0. The van der Waals surface area contributed by atoms with Crippen LogP contribution in [-0.2, 0) is 6.54 Å². The Hall–Kier alpha value is -0.280. The van der Waals surface area contributed by atoms with E-state index in [0.29, 0.717) is 11.1 Å². The lowest BCUT2D eigenvalue weighted by Gasteiger charge is -2.22. The molecular weight excluding hydrogens is 255 g/mol. The van der Waals surface area contributed by atoms with Gasteiger partial charge in [0.15, 0.2) is 0 Å². The molecule has 17 heavy (non-hydrogen) atoms. The highest BCUT2D eigenvalue weighted by Gasteiger charge is 2.15. The monoisotopic (exact) mass is 272 g/mol. The number of hydrogen-bond acceptors (Lipinski definition) is 2. The molecule has 1 atom stereocenters. The van der Waals surface area contributed by atoms with Crippen LogP contribution < -0.4 is 5.32 Å². The summed E-state index contributed by atoms with van der Waals surface area (Å²) in [6.45, 7) is 6.42. The van der Waals surface area contributed by atoms with E-state index in [1.165, 1.54) is 6.42 Å². The predicted octanol–water partition coefficient (Wildman–Crippen LogP) is 3.18. The van der Waals surface area contributed by atoms with Crippen LogP contribution in [0.4, 0.5) is 0 Å². The SMILES string of the molecule is CC1CN(Cc2ccc(Cl)cc2Cl)CCCN1. The molecule has 2 rings (SSSR count). The minimum Gasteiger partial charge on any atom is -0.313 e. The molecule has 94 valence electrons. The maximum Gasteiger partial charge on any atom is 0.0465 e.